The standard InChI is InChI=1S/C14H13N3O2/c15-13-6-10(8-1-2-8)16-14(17-13)9-3-4-11-12(5-9)19-7-18-11/h3-6,8H,1-2,7H2,(H2,15,16,17). The minimum Gasteiger partial charge on any atom is -0.454 e. The number of ether oxygens (including phenoxy) is 2. The third-order valence-electron chi connectivity index (χ3n) is 3.39. The van der Waals surface area contributed by atoms with Crippen molar-refractivity contribution in [3.05, 3.63) is 30.0 Å². The number of hydrogen-bond donors (Lipinski definition) is 1. The Morgan fingerprint density at radius 3 is 2.74 bits per heavy atom. The van der Waals surface area contributed by atoms with Crippen LogP contribution in [0.5, 0.6) is 11.5 Å². The van der Waals surface area contributed by atoms with Crippen molar-refractivity contribution in [1.29, 1.82) is 0 Å². The molecule has 2 heterocycles. The number of fused-ring (bicyclic) bond motifs is 1. The molecule has 1 aromatic heterocycles. The molecule has 2 aromatic rings. The van der Waals surface area contributed by atoms with Crippen molar-refractivity contribution >= 4 is 5.82 Å². The van der Waals surface area contributed by atoms with Gasteiger partial charge in [0.1, 0.15) is 5.82 Å². The number of nitrogens with two attached hydrogens (primary N) is 1. The zero-order chi connectivity index (χ0) is 12.8. The maximum atomic E-state index is 5.87. The number of hydrogen-bond acceptors (Lipinski definition) is 5. The van der Waals surface area contributed by atoms with Crippen molar-refractivity contribution in [1.82, 2.24) is 9.97 Å². The molecule has 0 unspecified atom stereocenters. The van der Waals surface area contributed by atoms with Gasteiger partial charge in [0.05, 0.1) is 0 Å². The van der Waals surface area contributed by atoms with E-state index in [0.717, 1.165) is 22.8 Å². The summed E-state index contributed by atoms with van der Waals surface area (Å²) < 4.78 is 10.7. The van der Waals surface area contributed by atoms with Crippen LogP contribution < -0.4 is 15.2 Å². The number of anilines is 1. The Labute approximate surface area is 110 Å². The number of rotatable bonds is 2. The van der Waals surface area contributed by atoms with Crippen LogP contribution in [0.15, 0.2) is 24.3 Å². The predicted molar refractivity (Wildman–Crippen MR) is 70.0 cm³/mol. The van der Waals surface area contributed by atoms with Gasteiger partial charge in [-0.15, -0.1) is 0 Å². The van der Waals surface area contributed by atoms with Crippen LogP contribution in [-0.2, 0) is 0 Å². The average molecular weight is 255 g/mol. The van der Waals surface area contributed by atoms with E-state index in [1.165, 1.54) is 12.8 Å². The average Bonchev–Trinajstić information content (AvgIpc) is 3.16. The summed E-state index contributed by atoms with van der Waals surface area (Å²) in [4.78, 5) is 8.91. The fourth-order valence-electron chi connectivity index (χ4n) is 2.24. The highest BCUT2D eigenvalue weighted by atomic mass is 16.7. The van der Waals surface area contributed by atoms with Crippen LogP contribution in [0.25, 0.3) is 11.4 Å². The summed E-state index contributed by atoms with van der Waals surface area (Å²) in [6.45, 7) is 0.268. The van der Waals surface area contributed by atoms with Gasteiger partial charge in [0.15, 0.2) is 17.3 Å². The van der Waals surface area contributed by atoms with Gasteiger partial charge in [0, 0.05) is 23.2 Å². The minimum absolute atomic E-state index is 0.268. The Bertz CT molecular complexity index is 653. The summed E-state index contributed by atoms with van der Waals surface area (Å²) in [6.07, 6.45) is 2.38. The van der Waals surface area contributed by atoms with Crippen LogP contribution in [0.3, 0.4) is 0 Å². The van der Waals surface area contributed by atoms with Gasteiger partial charge < -0.3 is 15.2 Å². The summed E-state index contributed by atoms with van der Waals surface area (Å²) in [7, 11) is 0. The topological polar surface area (TPSA) is 70.3 Å². The normalized spacial score (nSPS) is 16.6. The third kappa shape index (κ3) is 1.87. The highest BCUT2D eigenvalue weighted by molar-refractivity contribution is 5.63. The largest absolute Gasteiger partial charge is 0.454 e. The molecule has 2 N–H and O–H groups in total. The molecule has 1 saturated carbocycles. The minimum atomic E-state index is 0.268. The molecular formula is C14H13N3O2. The fourth-order valence-corrected chi connectivity index (χ4v) is 2.24. The van der Waals surface area contributed by atoms with E-state index in [-0.39, 0.29) is 6.79 Å². The van der Waals surface area contributed by atoms with Crippen LogP contribution >= 0.6 is 0 Å². The van der Waals surface area contributed by atoms with Crippen molar-refractivity contribution in [2.24, 2.45) is 0 Å². The van der Waals surface area contributed by atoms with E-state index in [1.54, 1.807) is 0 Å². The number of aromatic nitrogens is 2. The molecule has 5 nitrogen and oxygen atoms in total. The summed E-state index contributed by atoms with van der Waals surface area (Å²) in [6, 6.07) is 7.57. The lowest BCUT2D eigenvalue weighted by Gasteiger charge is -2.06. The summed E-state index contributed by atoms with van der Waals surface area (Å²) in [5, 5.41) is 0. The second-order valence-corrected chi connectivity index (χ2v) is 4.88. The van der Waals surface area contributed by atoms with Crippen molar-refractivity contribution in [3.63, 3.8) is 0 Å². The first kappa shape index (κ1) is 10.6. The number of benzene rings is 1. The predicted octanol–water partition coefficient (Wildman–Crippen LogP) is 2.33. The van der Waals surface area contributed by atoms with Gasteiger partial charge in [0.2, 0.25) is 6.79 Å². The van der Waals surface area contributed by atoms with Gasteiger partial charge in [-0.25, -0.2) is 9.97 Å². The van der Waals surface area contributed by atoms with Crippen LogP contribution in [-0.4, -0.2) is 16.8 Å². The number of nitrogens with zero attached hydrogens (tertiary/aromatic N) is 2. The monoisotopic (exact) mass is 255 g/mol. The molecular weight excluding hydrogens is 242 g/mol. The highest BCUT2D eigenvalue weighted by Crippen LogP contribution is 2.40. The first-order valence-electron chi connectivity index (χ1n) is 6.34. The summed E-state index contributed by atoms with van der Waals surface area (Å²) >= 11 is 0. The van der Waals surface area contributed by atoms with E-state index in [0.29, 0.717) is 17.6 Å². The smallest absolute Gasteiger partial charge is 0.231 e. The Morgan fingerprint density at radius 1 is 1.05 bits per heavy atom. The lowest BCUT2D eigenvalue weighted by Crippen LogP contribution is -1.99. The van der Waals surface area contributed by atoms with Gasteiger partial charge in [0.25, 0.3) is 0 Å². The molecule has 5 heteroatoms. The molecule has 1 fully saturated rings. The van der Waals surface area contributed by atoms with Crippen LogP contribution in [0.2, 0.25) is 0 Å². The van der Waals surface area contributed by atoms with Crippen LogP contribution in [0.1, 0.15) is 24.5 Å². The molecule has 96 valence electrons. The third-order valence-corrected chi connectivity index (χ3v) is 3.39. The molecule has 0 radical (unpaired) electrons. The van der Waals surface area contributed by atoms with Gasteiger partial charge in [-0.2, -0.15) is 0 Å². The Hall–Kier alpha value is -2.30. The van der Waals surface area contributed by atoms with Crippen molar-refractivity contribution < 1.29 is 9.47 Å². The summed E-state index contributed by atoms with van der Waals surface area (Å²) in [5.41, 5.74) is 7.81. The van der Waals surface area contributed by atoms with Crippen LogP contribution in [0, 0.1) is 0 Å². The maximum Gasteiger partial charge on any atom is 0.231 e. The van der Waals surface area contributed by atoms with E-state index >= 15 is 0 Å². The van der Waals surface area contributed by atoms with Gasteiger partial charge in [-0.05, 0) is 31.0 Å². The van der Waals surface area contributed by atoms with E-state index < -0.39 is 0 Å². The lowest BCUT2D eigenvalue weighted by molar-refractivity contribution is 0.174. The zero-order valence-electron chi connectivity index (χ0n) is 10.3. The first-order valence-corrected chi connectivity index (χ1v) is 6.34. The van der Waals surface area contributed by atoms with E-state index in [2.05, 4.69) is 9.97 Å². The second kappa shape index (κ2) is 3.85. The van der Waals surface area contributed by atoms with Gasteiger partial charge in [-0.3, -0.25) is 0 Å². The Kier molecular flexibility index (Phi) is 2.15. The number of nitrogen functional groups attached to an aromatic ring is 1. The molecule has 19 heavy (non-hydrogen) atoms. The summed E-state index contributed by atoms with van der Waals surface area (Å²) in [5.74, 6) is 3.22. The van der Waals surface area contributed by atoms with E-state index in [9.17, 15) is 0 Å². The molecule has 0 spiro atoms. The fraction of sp³-hybridized carbons (Fsp3) is 0.286. The molecule has 0 saturated heterocycles. The van der Waals surface area contributed by atoms with E-state index in [1.807, 2.05) is 24.3 Å². The zero-order valence-corrected chi connectivity index (χ0v) is 10.3. The van der Waals surface area contributed by atoms with Crippen molar-refractivity contribution in [2.75, 3.05) is 12.5 Å². The van der Waals surface area contributed by atoms with Gasteiger partial charge in [-0.1, -0.05) is 0 Å². The van der Waals surface area contributed by atoms with Gasteiger partial charge >= 0.3 is 0 Å². The molecule has 0 bridgehead atoms. The van der Waals surface area contributed by atoms with Crippen molar-refractivity contribution in [2.45, 2.75) is 18.8 Å². The Morgan fingerprint density at radius 2 is 1.89 bits per heavy atom. The molecule has 4 rings (SSSR count). The SMILES string of the molecule is Nc1cc(C2CC2)nc(-c2ccc3c(c2)OCO3)n1. The molecule has 0 atom stereocenters. The van der Waals surface area contributed by atoms with Crippen LogP contribution in [0.4, 0.5) is 5.82 Å². The second-order valence-electron chi connectivity index (χ2n) is 4.88. The molecule has 0 amide bonds. The maximum absolute atomic E-state index is 5.87. The molecule has 1 aliphatic carbocycles. The Balaban J connectivity index is 1.79. The van der Waals surface area contributed by atoms with Crippen molar-refractivity contribution in [3.8, 4) is 22.9 Å². The lowest BCUT2D eigenvalue weighted by atomic mass is 10.1. The molecule has 1 aromatic carbocycles. The highest BCUT2D eigenvalue weighted by Gasteiger charge is 2.26. The molecule has 2 aliphatic rings. The first-order chi connectivity index (χ1) is 9.29. The quantitative estimate of drug-likeness (QED) is 0.891. The molecule has 1 aliphatic heterocycles. The van der Waals surface area contributed by atoms with E-state index in [4.69, 9.17) is 15.2 Å².